The normalized spacial score (nSPS) is 11.2. The molecule has 7 heteroatoms. The number of nitrogens with one attached hydrogen (secondary N) is 1. The third-order valence-electron chi connectivity index (χ3n) is 2.99. The number of anilines is 1. The van der Waals surface area contributed by atoms with Crippen LogP contribution in [0.5, 0.6) is 0 Å². The van der Waals surface area contributed by atoms with Gasteiger partial charge in [-0.3, -0.25) is 4.79 Å². The first-order valence-corrected chi connectivity index (χ1v) is 9.21. The van der Waals surface area contributed by atoms with Crippen LogP contribution in [-0.2, 0) is 21.2 Å². The van der Waals surface area contributed by atoms with Gasteiger partial charge < -0.3 is 5.32 Å². The molecule has 0 saturated heterocycles. The van der Waals surface area contributed by atoms with Gasteiger partial charge >= 0.3 is 0 Å². The lowest BCUT2D eigenvalue weighted by Crippen LogP contribution is -2.15. The average molecular weight is 336 g/mol. The molecule has 0 aliphatic rings. The zero-order valence-electron chi connectivity index (χ0n) is 11.9. The van der Waals surface area contributed by atoms with Crippen molar-refractivity contribution < 1.29 is 13.2 Å². The summed E-state index contributed by atoms with van der Waals surface area (Å²) in [4.78, 5) is 13.1. The number of carbonyl (C=O) groups is 1. The number of sulfonamides is 1. The van der Waals surface area contributed by atoms with Gasteiger partial charge in [-0.2, -0.15) is 0 Å². The lowest BCUT2D eigenvalue weighted by Gasteiger charge is -2.06. The zero-order chi connectivity index (χ0) is 16.2. The maximum Gasteiger partial charge on any atom is 0.238 e. The summed E-state index contributed by atoms with van der Waals surface area (Å²) in [5.41, 5.74) is 1.44. The number of primary sulfonamides is 1. The van der Waals surface area contributed by atoms with E-state index in [4.69, 9.17) is 5.14 Å². The summed E-state index contributed by atoms with van der Waals surface area (Å²) in [6, 6.07) is 13.5. The third kappa shape index (κ3) is 4.59. The highest BCUT2D eigenvalue weighted by atomic mass is 32.2. The van der Waals surface area contributed by atoms with Gasteiger partial charge in [-0.15, -0.1) is 11.8 Å². The summed E-state index contributed by atoms with van der Waals surface area (Å²) in [6.07, 6.45) is 2.25. The second kappa shape index (κ2) is 6.95. The zero-order valence-corrected chi connectivity index (χ0v) is 13.6. The molecule has 0 atom stereocenters. The number of benzene rings is 2. The molecule has 0 heterocycles. The fourth-order valence-electron chi connectivity index (χ4n) is 1.86. The molecule has 22 heavy (non-hydrogen) atoms. The van der Waals surface area contributed by atoms with Crippen molar-refractivity contribution in [3.8, 4) is 0 Å². The molecule has 1 amide bonds. The van der Waals surface area contributed by atoms with Crippen molar-refractivity contribution in [2.24, 2.45) is 5.14 Å². The summed E-state index contributed by atoms with van der Waals surface area (Å²) in [7, 11) is -3.72. The molecule has 2 aromatic rings. The molecule has 0 saturated carbocycles. The van der Waals surface area contributed by atoms with E-state index in [9.17, 15) is 13.2 Å². The highest BCUT2D eigenvalue weighted by Crippen LogP contribution is 2.16. The Bertz CT molecular complexity index is 754. The molecule has 116 valence electrons. The Hall–Kier alpha value is -1.83. The molecule has 0 aliphatic carbocycles. The van der Waals surface area contributed by atoms with E-state index < -0.39 is 10.0 Å². The number of carbonyl (C=O) groups excluding carboxylic acids is 1. The van der Waals surface area contributed by atoms with E-state index in [2.05, 4.69) is 5.32 Å². The van der Waals surface area contributed by atoms with Gasteiger partial charge in [0.15, 0.2) is 0 Å². The van der Waals surface area contributed by atoms with E-state index in [1.165, 1.54) is 24.3 Å². The second-order valence-corrected chi connectivity index (χ2v) is 7.08. The van der Waals surface area contributed by atoms with Crippen molar-refractivity contribution in [2.45, 2.75) is 16.2 Å². The van der Waals surface area contributed by atoms with Crippen molar-refractivity contribution in [1.82, 2.24) is 0 Å². The summed E-state index contributed by atoms with van der Waals surface area (Å²) >= 11 is 1.64. The molecule has 0 unspecified atom stereocenters. The Morgan fingerprint density at radius 1 is 1.09 bits per heavy atom. The van der Waals surface area contributed by atoms with Crippen LogP contribution >= 0.6 is 11.8 Å². The predicted octanol–water partition coefficient (Wildman–Crippen LogP) is 2.24. The molecule has 2 rings (SSSR count). The molecule has 5 nitrogen and oxygen atoms in total. The number of thioether (sulfide) groups is 1. The van der Waals surface area contributed by atoms with Crippen molar-refractivity contribution >= 4 is 33.4 Å². The Morgan fingerprint density at radius 2 is 1.68 bits per heavy atom. The minimum atomic E-state index is -3.72. The fraction of sp³-hybridized carbons (Fsp3) is 0.133. The highest BCUT2D eigenvalue weighted by molar-refractivity contribution is 7.98. The summed E-state index contributed by atoms with van der Waals surface area (Å²) in [6.45, 7) is 0. The monoisotopic (exact) mass is 336 g/mol. The molecule has 0 aliphatic heterocycles. The van der Waals surface area contributed by atoms with E-state index >= 15 is 0 Å². The number of hydrogen-bond donors (Lipinski definition) is 2. The first-order valence-electron chi connectivity index (χ1n) is 6.44. The highest BCUT2D eigenvalue weighted by Gasteiger charge is 2.08. The third-order valence-corrected chi connectivity index (χ3v) is 4.66. The first kappa shape index (κ1) is 16.5. The number of rotatable bonds is 5. The minimum absolute atomic E-state index is 0.0122. The molecule has 0 bridgehead atoms. The van der Waals surface area contributed by atoms with Gasteiger partial charge in [0.25, 0.3) is 0 Å². The maximum absolute atomic E-state index is 12.0. The topological polar surface area (TPSA) is 89.3 Å². The molecule has 3 N–H and O–H groups in total. The smallest absolute Gasteiger partial charge is 0.238 e. The van der Waals surface area contributed by atoms with Crippen molar-refractivity contribution in [3.63, 3.8) is 0 Å². The molecule has 0 spiro atoms. The maximum atomic E-state index is 12.0. The molecule has 2 aromatic carbocycles. The van der Waals surface area contributed by atoms with Crippen LogP contribution in [0, 0.1) is 0 Å². The first-order chi connectivity index (χ1) is 10.4. The van der Waals surface area contributed by atoms with Crippen LogP contribution < -0.4 is 10.5 Å². The standard InChI is InChI=1S/C15H16N2O3S2/c1-21-13-6-2-11(3-7-13)10-15(18)17-12-4-8-14(9-5-12)22(16,19)20/h2-9H,10H2,1H3,(H,17,18)(H2,16,19,20). The van der Waals surface area contributed by atoms with Crippen molar-refractivity contribution in [3.05, 3.63) is 54.1 Å². The Labute approximate surface area is 134 Å². The second-order valence-electron chi connectivity index (χ2n) is 4.64. The van der Waals surface area contributed by atoms with Gasteiger partial charge in [-0.05, 0) is 48.2 Å². The van der Waals surface area contributed by atoms with Crippen LogP contribution in [0.15, 0.2) is 58.3 Å². The Kier molecular flexibility index (Phi) is 5.23. The quantitative estimate of drug-likeness (QED) is 0.820. The van der Waals surface area contributed by atoms with Crippen LogP contribution in [0.3, 0.4) is 0 Å². The fourth-order valence-corrected chi connectivity index (χ4v) is 2.79. The molecule has 0 radical (unpaired) electrons. The predicted molar refractivity (Wildman–Crippen MR) is 88.4 cm³/mol. The Morgan fingerprint density at radius 3 is 2.18 bits per heavy atom. The van der Waals surface area contributed by atoms with E-state index in [1.54, 1.807) is 11.8 Å². The largest absolute Gasteiger partial charge is 0.326 e. The summed E-state index contributed by atoms with van der Waals surface area (Å²) in [5, 5.41) is 7.73. The van der Waals surface area contributed by atoms with Crippen LogP contribution in [0.1, 0.15) is 5.56 Å². The average Bonchev–Trinajstić information content (AvgIpc) is 2.47. The van der Waals surface area contributed by atoms with Gasteiger partial charge in [-0.1, -0.05) is 12.1 Å². The van der Waals surface area contributed by atoms with Crippen molar-refractivity contribution in [1.29, 1.82) is 0 Å². The summed E-state index contributed by atoms with van der Waals surface area (Å²) in [5.74, 6) is -0.166. The summed E-state index contributed by atoms with van der Waals surface area (Å²) < 4.78 is 22.3. The van der Waals surface area contributed by atoms with Crippen molar-refractivity contribution in [2.75, 3.05) is 11.6 Å². The van der Waals surface area contributed by atoms with E-state index in [0.717, 1.165) is 10.5 Å². The van der Waals surface area contributed by atoms with Gasteiger partial charge in [0, 0.05) is 10.6 Å². The van der Waals surface area contributed by atoms with Gasteiger partial charge in [0.05, 0.1) is 11.3 Å². The Balaban J connectivity index is 1.99. The van der Waals surface area contributed by atoms with Crippen LogP contribution in [0.2, 0.25) is 0 Å². The van der Waals surface area contributed by atoms with Crippen LogP contribution in [0.4, 0.5) is 5.69 Å². The number of amides is 1. The number of nitrogens with two attached hydrogens (primary N) is 1. The number of hydrogen-bond acceptors (Lipinski definition) is 4. The van der Waals surface area contributed by atoms with Gasteiger partial charge in [-0.25, -0.2) is 13.6 Å². The van der Waals surface area contributed by atoms with Gasteiger partial charge in [0.2, 0.25) is 15.9 Å². The van der Waals surface area contributed by atoms with Crippen LogP contribution in [-0.4, -0.2) is 20.6 Å². The van der Waals surface area contributed by atoms with E-state index in [1.807, 2.05) is 30.5 Å². The molecular formula is C15H16N2O3S2. The molecule has 0 fully saturated rings. The van der Waals surface area contributed by atoms with E-state index in [-0.39, 0.29) is 17.2 Å². The lowest BCUT2D eigenvalue weighted by atomic mass is 10.1. The van der Waals surface area contributed by atoms with E-state index in [0.29, 0.717) is 5.69 Å². The van der Waals surface area contributed by atoms with Crippen LogP contribution in [0.25, 0.3) is 0 Å². The lowest BCUT2D eigenvalue weighted by molar-refractivity contribution is -0.115. The SMILES string of the molecule is CSc1ccc(CC(=O)Nc2ccc(S(N)(=O)=O)cc2)cc1. The van der Waals surface area contributed by atoms with Gasteiger partial charge in [0.1, 0.15) is 0 Å². The molecule has 0 aromatic heterocycles. The minimum Gasteiger partial charge on any atom is -0.326 e. The molecular weight excluding hydrogens is 320 g/mol.